The summed E-state index contributed by atoms with van der Waals surface area (Å²) in [6.07, 6.45) is 3.28. The molecule has 0 unspecified atom stereocenters. The van der Waals surface area contributed by atoms with E-state index < -0.39 is 36.1 Å². The molecule has 0 saturated heterocycles. The van der Waals surface area contributed by atoms with Crippen molar-refractivity contribution in [1.29, 1.82) is 0 Å². The molecule has 0 aliphatic carbocycles. The summed E-state index contributed by atoms with van der Waals surface area (Å²) < 4.78 is 85.4. The minimum Gasteiger partial charge on any atom is -0.477 e. The number of carboxylic acids is 1. The number of rotatable bonds is 10. The molecule has 13 aromatic heterocycles. The number of aromatic carboxylic acids is 1. The normalized spacial score (nSPS) is 10.5. The molecule has 510 valence electrons. The van der Waals surface area contributed by atoms with E-state index >= 15 is 0 Å². The second-order valence-corrected chi connectivity index (χ2v) is 25.3. The van der Waals surface area contributed by atoms with Crippen molar-refractivity contribution in [1.82, 2.24) is 64.8 Å². The predicted molar refractivity (Wildman–Crippen MR) is 372 cm³/mol. The molecule has 0 radical (unpaired) electrons. The fourth-order valence-electron chi connectivity index (χ4n) is 7.34. The number of alkyl halides is 6. The maximum Gasteiger partial charge on any atom is 0.574 e. The number of anilines is 1. The first-order valence-corrected chi connectivity index (χ1v) is 33.8. The summed E-state index contributed by atoms with van der Waals surface area (Å²) in [7, 11) is 5.30. The molecule has 99 heavy (non-hydrogen) atoms. The van der Waals surface area contributed by atoms with E-state index in [1.165, 1.54) is 84.0 Å². The molecule has 0 aliphatic heterocycles. The molecule has 0 spiro atoms. The van der Waals surface area contributed by atoms with Crippen LogP contribution >= 0.6 is 68.0 Å². The summed E-state index contributed by atoms with van der Waals surface area (Å²) in [6.45, 7) is 20.1. The zero-order valence-corrected chi connectivity index (χ0v) is 58.8. The molecule has 0 atom stereocenters. The summed E-state index contributed by atoms with van der Waals surface area (Å²) >= 11 is 9.10. The first kappa shape index (κ1) is 75.9. The Morgan fingerprint density at radius 2 is 0.859 bits per heavy atom. The van der Waals surface area contributed by atoms with Crippen LogP contribution in [-0.2, 0) is 10.9 Å². The fourth-order valence-corrected chi connectivity index (χ4v) is 12.1. The quantitative estimate of drug-likeness (QED) is 0.0757. The van der Waals surface area contributed by atoms with Crippen molar-refractivity contribution in [3.8, 4) is 69.3 Å². The van der Waals surface area contributed by atoms with Gasteiger partial charge in [-0.3, -0.25) is 4.98 Å². The van der Waals surface area contributed by atoms with E-state index in [-0.39, 0.29) is 5.69 Å². The van der Waals surface area contributed by atoms with Gasteiger partial charge in [0.1, 0.15) is 65.4 Å². The van der Waals surface area contributed by atoms with Gasteiger partial charge < -0.3 is 28.7 Å². The van der Waals surface area contributed by atoms with Crippen molar-refractivity contribution in [3.05, 3.63) is 223 Å². The number of aromatic nitrogens is 13. The third kappa shape index (κ3) is 24.5. The SMILES string of the molecule is COC(=O)c1ccc(-c2nc(C)cs2)cn1.Cc1csc(-c2ccc(C(=O)O)nc2)n1.Cc1csc(-c2ccc(C(F)(F)F)nc2)n1.Cc1csc(-c2ccc(N(C)C)nc2)n1.Cc1csc(-c2ccc(OC(F)(F)F)nc2)n1.Cc1ncco1.[C-]#[N+]c1ccc(-c2nc(C)cs2)cn1. The van der Waals surface area contributed by atoms with Crippen LogP contribution in [0.4, 0.5) is 38.0 Å². The molecule has 13 heterocycles. The van der Waals surface area contributed by atoms with Crippen LogP contribution in [0.25, 0.3) is 68.3 Å². The minimum atomic E-state index is -4.72. The number of carbonyl (C=O) groups excluding carboxylic acids is 1. The molecular formula is C66H57F6N15O6S6. The van der Waals surface area contributed by atoms with Gasteiger partial charge in [0.05, 0.1) is 18.9 Å². The third-order valence-electron chi connectivity index (χ3n) is 12.0. The van der Waals surface area contributed by atoms with Gasteiger partial charge in [-0.25, -0.2) is 64.4 Å². The Balaban J connectivity index is 0.000000164. The van der Waals surface area contributed by atoms with E-state index in [2.05, 4.69) is 90.6 Å². The van der Waals surface area contributed by atoms with Gasteiger partial charge >= 0.3 is 24.5 Å². The molecular weight excluding hydrogens is 1410 g/mol. The number of hydrogen-bond acceptors (Lipinski definition) is 25. The highest BCUT2D eigenvalue weighted by molar-refractivity contribution is 7.14. The Hall–Kier alpha value is -10.5. The number of pyridine rings is 6. The van der Waals surface area contributed by atoms with E-state index in [0.29, 0.717) is 32.7 Å². The van der Waals surface area contributed by atoms with Gasteiger partial charge in [0, 0.05) is 152 Å². The maximum atomic E-state index is 12.3. The van der Waals surface area contributed by atoms with Crippen LogP contribution in [0.1, 0.15) is 66.7 Å². The maximum absolute atomic E-state index is 12.3. The monoisotopic (exact) mass is 1460 g/mol. The van der Waals surface area contributed by atoms with E-state index in [1.807, 2.05) is 112 Å². The lowest BCUT2D eigenvalue weighted by atomic mass is 10.2. The Bertz CT molecular complexity index is 4670. The Morgan fingerprint density at radius 1 is 0.485 bits per heavy atom. The van der Waals surface area contributed by atoms with Gasteiger partial charge in [-0.2, -0.15) is 13.2 Å². The lowest BCUT2D eigenvalue weighted by Crippen LogP contribution is -2.17. The molecule has 0 amide bonds. The van der Waals surface area contributed by atoms with E-state index in [1.54, 1.807) is 84.0 Å². The number of carboxylic acid groups (broad SMARTS) is 1. The van der Waals surface area contributed by atoms with Crippen LogP contribution in [0, 0.1) is 55.0 Å². The van der Waals surface area contributed by atoms with E-state index in [4.69, 9.17) is 16.1 Å². The topological polar surface area (TPSA) is 261 Å². The van der Waals surface area contributed by atoms with Gasteiger partial charge in [0.25, 0.3) is 5.82 Å². The van der Waals surface area contributed by atoms with Crippen LogP contribution in [-0.4, -0.2) is 109 Å². The van der Waals surface area contributed by atoms with Gasteiger partial charge in [0.15, 0.2) is 5.89 Å². The minimum absolute atomic E-state index is 0.0482. The zero-order chi connectivity index (χ0) is 71.8. The second-order valence-electron chi connectivity index (χ2n) is 20.2. The smallest absolute Gasteiger partial charge is 0.477 e. The van der Waals surface area contributed by atoms with Crippen LogP contribution in [0.5, 0.6) is 5.88 Å². The van der Waals surface area contributed by atoms with Crippen molar-refractivity contribution in [3.63, 3.8) is 0 Å². The second kappa shape index (κ2) is 36.2. The molecule has 0 aliphatic rings. The van der Waals surface area contributed by atoms with Crippen LogP contribution in [0.2, 0.25) is 0 Å². The first-order valence-electron chi connectivity index (χ1n) is 28.5. The molecule has 33 heteroatoms. The summed E-state index contributed by atoms with van der Waals surface area (Å²) in [6, 6.07) is 19.3. The van der Waals surface area contributed by atoms with Crippen molar-refractivity contribution < 1.29 is 54.9 Å². The summed E-state index contributed by atoms with van der Waals surface area (Å²) in [5, 5.41) is 25.5. The molecule has 0 bridgehead atoms. The summed E-state index contributed by atoms with van der Waals surface area (Å²) in [5.74, 6) is 0.178. The highest BCUT2D eigenvalue weighted by atomic mass is 32.1. The lowest BCUT2D eigenvalue weighted by molar-refractivity contribution is -0.276. The van der Waals surface area contributed by atoms with Crippen LogP contribution < -0.4 is 9.64 Å². The van der Waals surface area contributed by atoms with Crippen molar-refractivity contribution >= 4 is 91.6 Å². The Kier molecular flexibility index (Phi) is 27.7. The number of oxazole rings is 1. The Morgan fingerprint density at radius 3 is 1.10 bits per heavy atom. The largest absolute Gasteiger partial charge is 0.574 e. The molecule has 13 rings (SSSR count). The molecule has 21 nitrogen and oxygen atoms in total. The van der Waals surface area contributed by atoms with E-state index in [9.17, 15) is 35.9 Å². The number of nitrogens with zero attached hydrogens (tertiary/aromatic N) is 15. The highest BCUT2D eigenvalue weighted by Gasteiger charge is 2.33. The number of aryl methyl sites for hydroxylation is 7. The van der Waals surface area contributed by atoms with Gasteiger partial charge in [-0.05, 0) is 102 Å². The Labute approximate surface area is 587 Å². The predicted octanol–water partition coefficient (Wildman–Crippen LogP) is 18.1. The molecule has 13 aromatic rings. The molecule has 0 aromatic carbocycles. The van der Waals surface area contributed by atoms with Gasteiger partial charge in [0.2, 0.25) is 5.88 Å². The van der Waals surface area contributed by atoms with Gasteiger partial charge in [-0.1, -0.05) is 12.6 Å². The van der Waals surface area contributed by atoms with Crippen molar-refractivity contribution in [2.75, 3.05) is 26.1 Å². The molecule has 1 N–H and O–H groups in total. The van der Waals surface area contributed by atoms with Crippen LogP contribution in [0.3, 0.4) is 0 Å². The molecule has 0 fully saturated rings. The number of carbonyl (C=O) groups is 2. The highest BCUT2D eigenvalue weighted by Crippen LogP contribution is 2.32. The first-order chi connectivity index (χ1) is 47.1. The van der Waals surface area contributed by atoms with E-state index in [0.717, 1.165) is 94.2 Å². The van der Waals surface area contributed by atoms with Crippen molar-refractivity contribution in [2.45, 2.75) is 61.0 Å². The zero-order valence-electron chi connectivity index (χ0n) is 53.9. The van der Waals surface area contributed by atoms with Gasteiger partial charge in [-0.15, -0.1) is 86.2 Å². The average Bonchev–Trinajstić information content (AvgIpc) is 1.87. The summed E-state index contributed by atoms with van der Waals surface area (Å²) in [5.41, 5.74) is 10.3. The fraction of sp³-hybridized carbons (Fsp3) is 0.182. The number of esters is 1. The lowest BCUT2D eigenvalue weighted by Gasteiger charge is -2.10. The number of ether oxygens (including phenoxy) is 2. The van der Waals surface area contributed by atoms with Crippen molar-refractivity contribution in [2.24, 2.45) is 0 Å². The number of methoxy groups -OCH3 is 1. The average molecular weight is 1460 g/mol. The number of thiazole rings is 6. The number of halogens is 6. The summed E-state index contributed by atoms with van der Waals surface area (Å²) in [4.78, 5) is 79.6. The molecule has 0 saturated carbocycles. The third-order valence-corrected chi connectivity index (χ3v) is 18.0. The standard InChI is InChI=1S/C11H13N3S.C11H10N2O2S.C10H7F3N2OS.C10H7F3N2S.C10H7N3S.C10H8N2O2S.C4H5NO/c1-8-7-15-11(13-8)9-4-5-10(12-6-9)14(2)3;1-7-6-16-10(13-7)8-3-4-9(12-5-8)11(14)15-2;1-6-5-17-9(15-6)7-2-3-8(14-4-7)16-10(11,12)13;1-6-5-16-9(15-6)7-2-3-8(14-4-7)10(11,12)13;1-7-6-14-10(13-7)8-3-4-9(11-2)12-5-8;1-6-5-15-9(12-6)7-2-3-8(10(13)14)11-4-7;1-4-5-2-3-6-4/h4-7H,1-3H3;3-6H,1-2H3;2-5H,1H3;2-5H,1H3;3-6H,1H3;2-5H,1H3,(H,13,14);2-3H,1H3. The number of hydrogen-bond donors (Lipinski definition) is 1. The van der Waals surface area contributed by atoms with Crippen LogP contribution in [0.15, 0.2) is 159 Å².